The van der Waals surface area contributed by atoms with E-state index in [1.165, 1.54) is 5.56 Å². The van der Waals surface area contributed by atoms with Crippen molar-refractivity contribution in [2.45, 2.75) is 18.6 Å². The Labute approximate surface area is 92.9 Å². The van der Waals surface area contributed by atoms with Crippen molar-refractivity contribution < 1.29 is 4.52 Å². The minimum atomic E-state index is 0.633. The van der Waals surface area contributed by atoms with Gasteiger partial charge in [0.1, 0.15) is 0 Å². The average molecular weight is 218 g/mol. The Hall–Kier alpha value is -1.29. The molecular weight excluding hydrogens is 208 g/mol. The van der Waals surface area contributed by atoms with Crippen molar-refractivity contribution in [1.29, 1.82) is 0 Å². The lowest BCUT2D eigenvalue weighted by molar-refractivity contribution is 0.425. The predicted octanol–water partition coefficient (Wildman–Crippen LogP) is 2.27. The number of rotatable bonds is 1. The molecule has 2 aromatic rings. The van der Waals surface area contributed by atoms with Gasteiger partial charge < -0.3 is 4.52 Å². The van der Waals surface area contributed by atoms with Gasteiger partial charge in [0.15, 0.2) is 5.76 Å². The summed E-state index contributed by atoms with van der Waals surface area (Å²) in [5.74, 6) is 1.52. The first kappa shape index (κ1) is 8.97. The molecule has 4 heteroatoms. The zero-order valence-corrected chi connectivity index (χ0v) is 9.00. The Morgan fingerprint density at radius 1 is 1.40 bits per heavy atom. The summed E-state index contributed by atoms with van der Waals surface area (Å²) < 4.78 is 5.37. The third-order valence-corrected chi connectivity index (χ3v) is 3.07. The molecule has 0 saturated carbocycles. The third-order valence-electron chi connectivity index (χ3n) is 2.77. The first-order chi connectivity index (χ1) is 7.40. The number of aromatic nitrogens is 2. The van der Waals surface area contributed by atoms with E-state index in [9.17, 15) is 0 Å². The van der Waals surface area contributed by atoms with Crippen molar-refractivity contribution in [2.24, 2.45) is 0 Å². The molecule has 3 nitrogen and oxygen atoms in total. The predicted molar refractivity (Wildman–Crippen MR) is 59.8 cm³/mol. The number of hydrogen-bond acceptors (Lipinski definition) is 4. The van der Waals surface area contributed by atoms with E-state index < -0.39 is 0 Å². The quantitative estimate of drug-likeness (QED) is 0.746. The molecule has 15 heavy (non-hydrogen) atoms. The molecule has 0 saturated heterocycles. The van der Waals surface area contributed by atoms with E-state index in [0.29, 0.717) is 5.75 Å². The standard InChI is InChI=1S/C11H10N2OS/c15-6-10-8-3-4-9-7(2-1-5-12-9)11(8)14-13-10/h1-2,5,15H,3-4,6H2. The molecule has 1 aliphatic rings. The second-order valence-corrected chi connectivity index (χ2v) is 3.91. The van der Waals surface area contributed by atoms with Gasteiger partial charge in [0.2, 0.25) is 0 Å². The molecule has 0 amide bonds. The van der Waals surface area contributed by atoms with Gasteiger partial charge >= 0.3 is 0 Å². The Balaban J connectivity index is 2.22. The van der Waals surface area contributed by atoms with Gasteiger partial charge in [0, 0.05) is 23.1 Å². The normalized spacial score (nSPS) is 13.4. The molecule has 0 spiro atoms. The molecule has 0 N–H and O–H groups in total. The smallest absolute Gasteiger partial charge is 0.172 e. The number of nitrogens with zero attached hydrogens (tertiary/aromatic N) is 2. The highest BCUT2D eigenvalue weighted by Gasteiger charge is 2.23. The molecule has 0 bridgehead atoms. The average Bonchev–Trinajstić information content (AvgIpc) is 2.72. The summed E-state index contributed by atoms with van der Waals surface area (Å²) in [5.41, 5.74) is 4.35. The van der Waals surface area contributed by atoms with Crippen molar-refractivity contribution in [2.75, 3.05) is 0 Å². The largest absolute Gasteiger partial charge is 0.356 e. The number of pyridine rings is 1. The minimum absolute atomic E-state index is 0.633. The zero-order valence-electron chi connectivity index (χ0n) is 8.10. The van der Waals surface area contributed by atoms with Gasteiger partial charge in [-0.1, -0.05) is 5.16 Å². The van der Waals surface area contributed by atoms with Crippen molar-refractivity contribution in [3.05, 3.63) is 35.3 Å². The summed E-state index contributed by atoms with van der Waals surface area (Å²) >= 11 is 4.24. The van der Waals surface area contributed by atoms with Crippen LogP contribution in [0.2, 0.25) is 0 Å². The number of thiol groups is 1. The number of hydrogen-bond donors (Lipinski definition) is 1. The fraction of sp³-hybridized carbons (Fsp3) is 0.273. The first-order valence-corrected chi connectivity index (χ1v) is 5.56. The van der Waals surface area contributed by atoms with E-state index in [1.54, 1.807) is 0 Å². The Bertz CT molecular complexity index is 507. The van der Waals surface area contributed by atoms with Crippen LogP contribution in [-0.4, -0.2) is 10.1 Å². The van der Waals surface area contributed by atoms with Gasteiger partial charge in [0.25, 0.3) is 0 Å². The molecule has 0 atom stereocenters. The van der Waals surface area contributed by atoms with Crippen molar-refractivity contribution >= 4 is 12.6 Å². The van der Waals surface area contributed by atoms with Crippen molar-refractivity contribution in [3.63, 3.8) is 0 Å². The minimum Gasteiger partial charge on any atom is -0.356 e. The maximum absolute atomic E-state index is 5.37. The molecule has 0 aromatic carbocycles. The summed E-state index contributed by atoms with van der Waals surface area (Å²) in [6.45, 7) is 0. The van der Waals surface area contributed by atoms with Crippen LogP contribution in [0.3, 0.4) is 0 Å². The summed E-state index contributed by atoms with van der Waals surface area (Å²) in [6.07, 6.45) is 3.74. The Morgan fingerprint density at radius 2 is 2.33 bits per heavy atom. The number of fused-ring (bicyclic) bond motifs is 3. The summed E-state index contributed by atoms with van der Waals surface area (Å²) in [7, 11) is 0. The lowest BCUT2D eigenvalue weighted by Crippen LogP contribution is -2.05. The van der Waals surface area contributed by atoms with Crippen LogP contribution in [0.1, 0.15) is 17.0 Å². The van der Waals surface area contributed by atoms with Gasteiger partial charge in [0.05, 0.1) is 11.4 Å². The summed E-state index contributed by atoms with van der Waals surface area (Å²) in [5, 5.41) is 4.04. The lowest BCUT2D eigenvalue weighted by atomic mass is 9.93. The van der Waals surface area contributed by atoms with Crippen LogP contribution in [-0.2, 0) is 18.6 Å². The highest BCUT2D eigenvalue weighted by molar-refractivity contribution is 7.79. The molecule has 2 heterocycles. The Morgan fingerprint density at radius 3 is 3.20 bits per heavy atom. The maximum atomic E-state index is 5.37. The zero-order chi connectivity index (χ0) is 10.3. The Kier molecular flexibility index (Phi) is 2.02. The van der Waals surface area contributed by atoms with Gasteiger partial charge in [-0.25, -0.2) is 0 Å². The van der Waals surface area contributed by atoms with E-state index in [0.717, 1.165) is 35.6 Å². The summed E-state index contributed by atoms with van der Waals surface area (Å²) in [4.78, 5) is 4.35. The molecule has 1 aliphatic carbocycles. The lowest BCUT2D eigenvalue weighted by Gasteiger charge is -2.12. The van der Waals surface area contributed by atoms with Crippen LogP contribution in [0.15, 0.2) is 22.9 Å². The van der Waals surface area contributed by atoms with Crippen molar-refractivity contribution in [1.82, 2.24) is 10.1 Å². The molecular formula is C11H10N2OS. The van der Waals surface area contributed by atoms with E-state index in [2.05, 4.69) is 22.8 Å². The van der Waals surface area contributed by atoms with Gasteiger partial charge in [-0.2, -0.15) is 12.6 Å². The van der Waals surface area contributed by atoms with Crippen LogP contribution < -0.4 is 0 Å². The van der Waals surface area contributed by atoms with Gasteiger partial charge in [-0.3, -0.25) is 4.98 Å². The van der Waals surface area contributed by atoms with Gasteiger partial charge in [-0.05, 0) is 25.0 Å². The monoisotopic (exact) mass is 218 g/mol. The second kappa shape index (κ2) is 3.38. The molecule has 0 radical (unpaired) electrons. The SMILES string of the molecule is SCc1noc2c1CCc1ncccc1-2. The van der Waals surface area contributed by atoms with Crippen LogP contribution in [0.5, 0.6) is 0 Å². The molecule has 0 fully saturated rings. The molecule has 3 rings (SSSR count). The van der Waals surface area contributed by atoms with E-state index >= 15 is 0 Å². The summed E-state index contributed by atoms with van der Waals surface area (Å²) in [6, 6.07) is 3.96. The van der Waals surface area contributed by atoms with Crippen LogP contribution in [0.25, 0.3) is 11.3 Å². The van der Waals surface area contributed by atoms with Crippen LogP contribution in [0, 0.1) is 0 Å². The fourth-order valence-electron chi connectivity index (χ4n) is 2.02. The molecule has 2 aromatic heterocycles. The number of aryl methyl sites for hydroxylation is 1. The highest BCUT2D eigenvalue weighted by Crippen LogP contribution is 2.34. The highest BCUT2D eigenvalue weighted by atomic mass is 32.1. The fourth-order valence-corrected chi connectivity index (χ4v) is 2.27. The topological polar surface area (TPSA) is 38.9 Å². The van der Waals surface area contributed by atoms with Crippen LogP contribution in [0.4, 0.5) is 0 Å². The molecule has 0 aliphatic heterocycles. The second-order valence-electron chi connectivity index (χ2n) is 3.59. The molecule has 76 valence electrons. The van der Waals surface area contributed by atoms with E-state index in [4.69, 9.17) is 4.52 Å². The van der Waals surface area contributed by atoms with E-state index in [-0.39, 0.29) is 0 Å². The van der Waals surface area contributed by atoms with E-state index in [1.807, 2.05) is 18.3 Å². The van der Waals surface area contributed by atoms with Crippen molar-refractivity contribution in [3.8, 4) is 11.3 Å². The van der Waals surface area contributed by atoms with Gasteiger partial charge in [-0.15, -0.1) is 0 Å². The molecule has 0 unspecified atom stereocenters. The first-order valence-electron chi connectivity index (χ1n) is 4.92. The third kappa shape index (κ3) is 1.28. The maximum Gasteiger partial charge on any atom is 0.172 e. The van der Waals surface area contributed by atoms with Crippen LogP contribution >= 0.6 is 12.6 Å².